The van der Waals surface area contributed by atoms with Crippen molar-refractivity contribution in [3.8, 4) is 0 Å². The molecule has 0 radical (unpaired) electrons. The van der Waals surface area contributed by atoms with Crippen LogP contribution in [0.3, 0.4) is 0 Å². The van der Waals surface area contributed by atoms with Crippen LogP contribution in [0.5, 0.6) is 0 Å². The van der Waals surface area contributed by atoms with E-state index >= 15 is 0 Å². The van der Waals surface area contributed by atoms with Gasteiger partial charge in [0.25, 0.3) is 0 Å². The summed E-state index contributed by atoms with van der Waals surface area (Å²) in [6, 6.07) is 4.93. The summed E-state index contributed by atoms with van der Waals surface area (Å²) < 4.78 is 13.5. The van der Waals surface area contributed by atoms with Crippen LogP contribution in [0.15, 0.2) is 23.1 Å². The third kappa shape index (κ3) is 1.94. The van der Waals surface area contributed by atoms with Gasteiger partial charge in [0.05, 0.1) is 5.92 Å². The standard InChI is InChI=1S/C12H13FO2S/c1-7(12(14)15)8-5-6-16-11-9(8)3-2-4-10(11)13/h2-4,7-8H,5-6H2,1H3,(H,14,15). The lowest BCUT2D eigenvalue weighted by Crippen LogP contribution is -2.22. The number of hydrogen-bond donors (Lipinski definition) is 1. The molecule has 4 heteroatoms. The Morgan fingerprint density at radius 2 is 2.38 bits per heavy atom. The van der Waals surface area contributed by atoms with Crippen LogP contribution in [0.25, 0.3) is 0 Å². The highest BCUT2D eigenvalue weighted by atomic mass is 32.2. The number of hydrogen-bond acceptors (Lipinski definition) is 2. The molecule has 1 N–H and O–H groups in total. The Labute approximate surface area is 97.9 Å². The minimum absolute atomic E-state index is 0.0653. The maximum absolute atomic E-state index is 13.5. The molecule has 0 fully saturated rings. The lowest BCUT2D eigenvalue weighted by molar-refractivity contribution is -0.141. The second-order valence-electron chi connectivity index (χ2n) is 4.03. The largest absolute Gasteiger partial charge is 0.481 e. The number of aliphatic carboxylic acids is 1. The number of fused-ring (bicyclic) bond motifs is 1. The zero-order valence-electron chi connectivity index (χ0n) is 8.94. The highest BCUT2D eigenvalue weighted by molar-refractivity contribution is 7.99. The molecule has 2 nitrogen and oxygen atoms in total. The topological polar surface area (TPSA) is 37.3 Å². The van der Waals surface area contributed by atoms with Crippen LogP contribution in [-0.4, -0.2) is 16.8 Å². The highest BCUT2D eigenvalue weighted by Gasteiger charge is 2.30. The SMILES string of the molecule is CC(C(=O)O)C1CCSc2c(F)cccc21. The predicted molar refractivity (Wildman–Crippen MR) is 61.3 cm³/mol. The highest BCUT2D eigenvalue weighted by Crippen LogP contribution is 2.42. The first-order valence-electron chi connectivity index (χ1n) is 5.25. The number of thioether (sulfide) groups is 1. The summed E-state index contributed by atoms with van der Waals surface area (Å²) in [6.07, 6.45) is 0.800. The van der Waals surface area contributed by atoms with E-state index in [2.05, 4.69) is 0 Å². The van der Waals surface area contributed by atoms with Crippen molar-refractivity contribution in [2.75, 3.05) is 5.75 Å². The molecule has 2 unspecified atom stereocenters. The van der Waals surface area contributed by atoms with Gasteiger partial charge in [-0.1, -0.05) is 19.1 Å². The van der Waals surface area contributed by atoms with Crippen molar-refractivity contribution in [2.24, 2.45) is 5.92 Å². The van der Waals surface area contributed by atoms with E-state index in [1.807, 2.05) is 6.07 Å². The van der Waals surface area contributed by atoms with Gasteiger partial charge in [-0.05, 0) is 29.7 Å². The van der Waals surface area contributed by atoms with E-state index in [9.17, 15) is 9.18 Å². The Balaban J connectivity index is 2.40. The quantitative estimate of drug-likeness (QED) is 0.863. The van der Waals surface area contributed by atoms with Crippen molar-refractivity contribution in [3.63, 3.8) is 0 Å². The molecule has 2 rings (SSSR count). The minimum atomic E-state index is -0.813. The maximum Gasteiger partial charge on any atom is 0.306 e. The number of carbonyl (C=O) groups is 1. The Kier molecular flexibility index (Phi) is 3.19. The average molecular weight is 240 g/mol. The molecule has 1 aliphatic heterocycles. The molecule has 2 atom stereocenters. The van der Waals surface area contributed by atoms with Crippen LogP contribution < -0.4 is 0 Å². The van der Waals surface area contributed by atoms with E-state index in [0.29, 0.717) is 4.90 Å². The molecule has 0 spiro atoms. The molecule has 0 aromatic heterocycles. The zero-order chi connectivity index (χ0) is 11.7. The predicted octanol–water partition coefficient (Wildman–Crippen LogP) is 3.13. The second-order valence-corrected chi connectivity index (χ2v) is 5.13. The molecule has 16 heavy (non-hydrogen) atoms. The third-order valence-electron chi connectivity index (χ3n) is 3.07. The molecule has 86 valence electrons. The summed E-state index contributed by atoms with van der Waals surface area (Å²) in [6.45, 7) is 1.69. The molecule has 0 bridgehead atoms. The molecule has 1 aliphatic rings. The molecule has 0 aliphatic carbocycles. The van der Waals surface area contributed by atoms with E-state index in [1.54, 1.807) is 13.0 Å². The lowest BCUT2D eigenvalue weighted by Gasteiger charge is -2.27. The van der Waals surface area contributed by atoms with Crippen LogP contribution in [0, 0.1) is 11.7 Å². The van der Waals surface area contributed by atoms with Gasteiger partial charge in [-0.25, -0.2) is 4.39 Å². The van der Waals surface area contributed by atoms with Crippen LogP contribution >= 0.6 is 11.8 Å². The number of carboxylic acid groups (broad SMARTS) is 1. The van der Waals surface area contributed by atoms with Crippen molar-refractivity contribution in [1.82, 2.24) is 0 Å². The third-order valence-corrected chi connectivity index (χ3v) is 4.22. The molecule has 0 saturated carbocycles. The summed E-state index contributed by atoms with van der Waals surface area (Å²) in [5.41, 5.74) is 0.853. The average Bonchev–Trinajstić information content (AvgIpc) is 2.28. The molecule has 0 saturated heterocycles. The van der Waals surface area contributed by atoms with Gasteiger partial charge >= 0.3 is 5.97 Å². The van der Waals surface area contributed by atoms with Gasteiger partial charge < -0.3 is 5.11 Å². The Morgan fingerprint density at radius 1 is 1.62 bits per heavy atom. The van der Waals surface area contributed by atoms with Gasteiger partial charge in [-0.2, -0.15) is 0 Å². The van der Waals surface area contributed by atoms with Crippen LogP contribution in [0.2, 0.25) is 0 Å². The minimum Gasteiger partial charge on any atom is -0.481 e. The monoisotopic (exact) mass is 240 g/mol. The second kappa shape index (κ2) is 4.45. The van der Waals surface area contributed by atoms with Crippen LogP contribution in [-0.2, 0) is 4.79 Å². The van der Waals surface area contributed by atoms with Crippen molar-refractivity contribution in [2.45, 2.75) is 24.2 Å². The van der Waals surface area contributed by atoms with Crippen molar-refractivity contribution in [1.29, 1.82) is 0 Å². The Hall–Kier alpha value is -1.03. The van der Waals surface area contributed by atoms with E-state index in [-0.39, 0.29) is 11.7 Å². The first kappa shape index (κ1) is 11.5. The van der Waals surface area contributed by atoms with Crippen molar-refractivity contribution < 1.29 is 14.3 Å². The number of carboxylic acids is 1. The molecule has 0 amide bonds. The maximum atomic E-state index is 13.5. The molecule has 1 aromatic carbocycles. The van der Waals surface area contributed by atoms with Gasteiger partial charge in [0.1, 0.15) is 5.82 Å². The summed E-state index contributed by atoms with van der Waals surface area (Å²) in [4.78, 5) is 11.6. The smallest absolute Gasteiger partial charge is 0.306 e. The molecular weight excluding hydrogens is 227 g/mol. The Morgan fingerprint density at radius 3 is 3.06 bits per heavy atom. The number of halogens is 1. The Bertz CT molecular complexity index is 419. The van der Waals surface area contributed by atoms with E-state index in [4.69, 9.17) is 5.11 Å². The van der Waals surface area contributed by atoms with Gasteiger partial charge in [0.15, 0.2) is 0 Å². The van der Waals surface area contributed by atoms with Gasteiger partial charge in [0.2, 0.25) is 0 Å². The first-order chi connectivity index (χ1) is 7.61. The van der Waals surface area contributed by atoms with Crippen molar-refractivity contribution >= 4 is 17.7 Å². The summed E-state index contributed by atoms with van der Waals surface area (Å²) in [5.74, 6) is -0.779. The summed E-state index contributed by atoms with van der Waals surface area (Å²) in [7, 11) is 0. The molecular formula is C12H13FO2S. The van der Waals surface area contributed by atoms with Gasteiger partial charge in [-0.3, -0.25) is 4.79 Å². The fourth-order valence-corrected chi connectivity index (χ4v) is 3.27. The van der Waals surface area contributed by atoms with Crippen LogP contribution in [0.4, 0.5) is 4.39 Å². The fraction of sp³-hybridized carbons (Fsp3) is 0.417. The van der Waals surface area contributed by atoms with Gasteiger partial charge in [-0.15, -0.1) is 11.8 Å². The van der Waals surface area contributed by atoms with E-state index < -0.39 is 11.9 Å². The summed E-state index contributed by atoms with van der Waals surface area (Å²) in [5, 5.41) is 9.03. The number of benzene rings is 1. The molecule has 1 aromatic rings. The normalized spacial score (nSPS) is 21.2. The van der Waals surface area contributed by atoms with E-state index in [0.717, 1.165) is 17.7 Å². The lowest BCUT2D eigenvalue weighted by atomic mass is 9.85. The first-order valence-corrected chi connectivity index (χ1v) is 6.24. The van der Waals surface area contributed by atoms with E-state index in [1.165, 1.54) is 17.8 Å². The number of rotatable bonds is 2. The zero-order valence-corrected chi connectivity index (χ0v) is 9.76. The van der Waals surface area contributed by atoms with Crippen LogP contribution in [0.1, 0.15) is 24.8 Å². The fourth-order valence-electron chi connectivity index (χ4n) is 2.10. The molecule has 1 heterocycles. The summed E-state index contributed by atoms with van der Waals surface area (Å²) >= 11 is 1.48. The van der Waals surface area contributed by atoms with Gasteiger partial charge in [0, 0.05) is 4.90 Å². The van der Waals surface area contributed by atoms with Crippen molar-refractivity contribution in [3.05, 3.63) is 29.6 Å².